The van der Waals surface area contributed by atoms with Crippen LogP contribution in [0.4, 0.5) is 0 Å². The van der Waals surface area contributed by atoms with E-state index in [9.17, 15) is 45.6 Å². The Kier molecular flexibility index (Phi) is 34.9. The Hall–Kier alpha value is -2.31. The van der Waals surface area contributed by atoms with Gasteiger partial charge in [-0.25, -0.2) is 0 Å². The highest BCUT2D eigenvalue weighted by Crippen LogP contribution is 2.30. The number of aliphatic hydroxyl groups is 8. The van der Waals surface area contributed by atoms with Gasteiger partial charge in [0.05, 0.1) is 32.0 Å². The Morgan fingerprint density at radius 1 is 0.561 bits per heavy atom. The largest absolute Gasteiger partial charge is 0.394 e. The molecule has 14 nitrogen and oxygen atoms in total. The lowest BCUT2D eigenvalue weighted by molar-refractivity contribution is -0.359. The van der Waals surface area contributed by atoms with Crippen LogP contribution in [0.15, 0.2) is 60.8 Å². The zero-order valence-corrected chi connectivity index (χ0v) is 40.4. The zero-order valence-electron chi connectivity index (χ0n) is 40.4. The maximum Gasteiger partial charge on any atom is 0.220 e. The number of unbranched alkanes of at least 4 members (excludes halogenated alkanes) is 17. The van der Waals surface area contributed by atoms with Gasteiger partial charge in [-0.3, -0.25) is 4.79 Å². The summed E-state index contributed by atoms with van der Waals surface area (Å²) in [6, 6.07) is -0.912. The summed E-state index contributed by atoms with van der Waals surface area (Å²) in [6.45, 7) is 2.53. The molecule has 12 unspecified atom stereocenters. The summed E-state index contributed by atoms with van der Waals surface area (Å²) in [4.78, 5) is 13.1. The molecule has 66 heavy (non-hydrogen) atoms. The summed E-state index contributed by atoms with van der Waals surface area (Å²) in [5.74, 6) is -0.251. The number of rotatable bonds is 38. The minimum absolute atomic E-state index is 0.251. The van der Waals surface area contributed by atoms with Gasteiger partial charge >= 0.3 is 0 Å². The highest BCUT2D eigenvalue weighted by atomic mass is 16.7. The van der Waals surface area contributed by atoms with Crippen molar-refractivity contribution in [1.29, 1.82) is 0 Å². The van der Waals surface area contributed by atoms with Gasteiger partial charge in [0.2, 0.25) is 5.91 Å². The number of aliphatic hydroxyl groups excluding tert-OH is 8. The molecule has 2 saturated heterocycles. The fourth-order valence-electron chi connectivity index (χ4n) is 8.04. The molecular weight excluding hydrogens is 847 g/mol. The molecule has 1 amide bonds. The molecule has 0 spiro atoms. The van der Waals surface area contributed by atoms with E-state index in [0.717, 1.165) is 70.6 Å². The molecule has 0 aromatic rings. The number of amides is 1. The lowest BCUT2D eigenvalue weighted by Crippen LogP contribution is -2.65. The van der Waals surface area contributed by atoms with Crippen LogP contribution in [-0.2, 0) is 23.7 Å². The molecule has 9 N–H and O–H groups in total. The first-order valence-corrected chi connectivity index (χ1v) is 25.5. The molecule has 2 aliphatic heterocycles. The highest BCUT2D eigenvalue weighted by Gasteiger charge is 2.51. The van der Waals surface area contributed by atoms with Crippen molar-refractivity contribution < 1.29 is 64.6 Å². The SMILES string of the molecule is CC/C=C\C/C=C\C/C=C\C/C=C\CCCCCCCCCCCCCCCCC(=O)NC(COC1OC(CO)C(OC2OC(CO)C(O)C(O)C2O)C(O)C1O)C(O)/C=C/CCCCC. The van der Waals surface area contributed by atoms with E-state index in [4.69, 9.17) is 18.9 Å². The Balaban J connectivity index is 1.64. The molecule has 2 rings (SSSR count). The highest BCUT2D eigenvalue weighted by molar-refractivity contribution is 5.76. The predicted molar refractivity (Wildman–Crippen MR) is 258 cm³/mol. The fourth-order valence-corrected chi connectivity index (χ4v) is 8.04. The molecule has 0 aromatic heterocycles. The van der Waals surface area contributed by atoms with Gasteiger partial charge < -0.3 is 65.1 Å². The van der Waals surface area contributed by atoms with Crippen LogP contribution in [0, 0.1) is 0 Å². The lowest BCUT2D eigenvalue weighted by atomic mass is 9.97. The van der Waals surface area contributed by atoms with E-state index in [1.54, 1.807) is 6.08 Å². The number of nitrogens with one attached hydrogen (secondary N) is 1. The Labute approximate surface area is 396 Å². The molecule has 12 atom stereocenters. The monoisotopic (exact) mass is 938 g/mol. The molecule has 0 aliphatic carbocycles. The van der Waals surface area contributed by atoms with E-state index < -0.39 is 86.8 Å². The summed E-state index contributed by atoms with van der Waals surface area (Å²) in [7, 11) is 0. The van der Waals surface area contributed by atoms with Gasteiger partial charge in [-0.05, 0) is 57.8 Å². The fraction of sp³-hybridized carbons (Fsp3) is 0.788. The smallest absolute Gasteiger partial charge is 0.220 e. The molecule has 2 fully saturated rings. The van der Waals surface area contributed by atoms with Gasteiger partial charge in [-0.15, -0.1) is 0 Å². The third-order valence-corrected chi connectivity index (χ3v) is 12.2. The molecule has 2 heterocycles. The van der Waals surface area contributed by atoms with E-state index in [-0.39, 0.29) is 18.9 Å². The minimum atomic E-state index is -1.79. The molecule has 14 heteroatoms. The molecule has 2 aliphatic rings. The third-order valence-electron chi connectivity index (χ3n) is 12.2. The van der Waals surface area contributed by atoms with Crippen LogP contribution in [0.2, 0.25) is 0 Å². The average Bonchev–Trinajstić information content (AvgIpc) is 3.31. The zero-order chi connectivity index (χ0) is 48.2. The number of hydrogen-bond donors (Lipinski definition) is 9. The Morgan fingerprint density at radius 3 is 1.61 bits per heavy atom. The standard InChI is InChI=1S/C52H91NO13/c1-3-5-7-9-10-11-12-13-14-15-16-17-18-19-20-21-22-23-24-25-26-27-28-29-30-32-34-36-44(57)53-40(41(56)35-33-31-8-6-4-2)39-63-51-49(62)47(60)50(43(38-55)65-51)66-52-48(61)46(59)45(58)42(37-54)64-52/h5,7,10-11,13-14,16-17,33,35,40-43,45-52,54-56,58-62H,3-4,6,8-9,12,15,18-32,34,36-39H2,1-2H3,(H,53,57)/b7-5-,11-10-,14-13-,17-16-,35-33+. The second-order valence-electron chi connectivity index (χ2n) is 17.9. The minimum Gasteiger partial charge on any atom is -0.394 e. The van der Waals surface area contributed by atoms with E-state index in [1.807, 2.05) is 6.08 Å². The number of carbonyl (C=O) groups is 1. The maximum atomic E-state index is 13.1. The Morgan fingerprint density at radius 2 is 1.05 bits per heavy atom. The van der Waals surface area contributed by atoms with Crippen LogP contribution in [0.25, 0.3) is 0 Å². The molecule has 0 aromatic carbocycles. The summed E-state index contributed by atoms with van der Waals surface area (Å²) in [6.07, 6.45) is 30.5. The van der Waals surface area contributed by atoms with Gasteiger partial charge in [0, 0.05) is 6.42 Å². The van der Waals surface area contributed by atoms with Crippen LogP contribution in [-0.4, -0.2) is 140 Å². The summed E-state index contributed by atoms with van der Waals surface area (Å²) >= 11 is 0. The number of hydrogen-bond acceptors (Lipinski definition) is 13. The lowest BCUT2D eigenvalue weighted by Gasteiger charge is -2.46. The van der Waals surface area contributed by atoms with E-state index in [0.29, 0.717) is 6.42 Å². The molecule has 382 valence electrons. The normalized spacial score (nSPS) is 27.3. The van der Waals surface area contributed by atoms with E-state index in [1.165, 1.54) is 70.6 Å². The van der Waals surface area contributed by atoms with E-state index in [2.05, 4.69) is 67.8 Å². The van der Waals surface area contributed by atoms with Crippen LogP contribution < -0.4 is 5.32 Å². The van der Waals surface area contributed by atoms with Crippen molar-refractivity contribution in [2.45, 2.75) is 242 Å². The van der Waals surface area contributed by atoms with Crippen molar-refractivity contribution in [1.82, 2.24) is 5.32 Å². The van der Waals surface area contributed by atoms with Crippen LogP contribution in [0.5, 0.6) is 0 Å². The van der Waals surface area contributed by atoms with Gasteiger partial charge in [-0.1, -0.05) is 164 Å². The van der Waals surface area contributed by atoms with Gasteiger partial charge in [-0.2, -0.15) is 0 Å². The van der Waals surface area contributed by atoms with Crippen LogP contribution >= 0.6 is 0 Å². The van der Waals surface area contributed by atoms with E-state index >= 15 is 0 Å². The first-order valence-electron chi connectivity index (χ1n) is 25.5. The van der Waals surface area contributed by atoms with Crippen LogP contribution in [0.1, 0.15) is 168 Å². The van der Waals surface area contributed by atoms with Crippen molar-refractivity contribution in [2.24, 2.45) is 0 Å². The predicted octanol–water partition coefficient (Wildman–Crippen LogP) is 6.66. The van der Waals surface area contributed by atoms with Crippen molar-refractivity contribution in [2.75, 3.05) is 19.8 Å². The number of ether oxygens (including phenoxy) is 4. The Bertz CT molecular complexity index is 1340. The number of carbonyl (C=O) groups excluding carboxylic acids is 1. The molecular formula is C52H91NO13. The quantitative estimate of drug-likeness (QED) is 0.0234. The summed E-state index contributed by atoms with van der Waals surface area (Å²) < 4.78 is 22.5. The second-order valence-corrected chi connectivity index (χ2v) is 17.9. The molecule has 0 radical (unpaired) electrons. The van der Waals surface area contributed by atoms with Crippen molar-refractivity contribution >= 4 is 5.91 Å². The first-order chi connectivity index (χ1) is 32.1. The topological polar surface area (TPSA) is 228 Å². The molecule has 0 saturated carbocycles. The molecule has 0 bridgehead atoms. The average molecular weight is 938 g/mol. The second kappa shape index (κ2) is 38.5. The van der Waals surface area contributed by atoms with Gasteiger partial charge in [0.15, 0.2) is 12.6 Å². The first kappa shape index (κ1) is 59.8. The maximum absolute atomic E-state index is 13.1. The van der Waals surface area contributed by atoms with Crippen LogP contribution in [0.3, 0.4) is 0 Å². The summed E-state index contributed by atoms with van der Waals surface area (Å²) in [5.41, 5.74) is 0. The van der Waals surface area contributed by atoms with Crippen molar-refractivity contribution in [3.05, 3.63) is 60.8 Å². The third kappa shape index (κ3) is 25.3. The van der Waals surface area contributed by atoms with Gasteiger partial charge in [0.1, 0.15) is 48.8 Å². The van der Waals surface area contributed by atoms with Crippen molar-refractivity contribution in [3.8, 4) is 0 Å². The van der Waals surface area contributed by atoms with Gasteiger partial charge in [0.25, 0.3) is 0 Å². The van der Waals surface area contributed by atoms with Crippen molar-refractivity contribution in [3.63, 3.8) is 0 Å². The summed E-state index contributed by atoms with van der Waals surface area (Å²) in [5, 5.41) is 86.2. The number of allylic oxidation sites excluding steroid dienone is 9.